The third-order valence-electron chi connectivity index (χ3n) is 3.22. The highest BCUT2D eigenvalue weighted by atomic mass is 35.5. The molecule has 3 N–H and O–H groups in total. The molecular formula is C12H26ClN3O3S. The maximum atomic E-state index is 11.9. The average molecular weight is 328 g/mol. The minimum Gasteiger partial charge on any atom is -0.341 e. The fraction of sp³-hybridized carbons (Fsp3) is 0.917. The summed E-state index contributed by atoms with van der Waals surface area (Å²) < 4.78 is 25.3. The van der Waals surface area contributed by atoms with Crippen molar-refractivity contribution in [3.05, 3.63) is 0 Å². The van der Waals surface area contributed by atoms with Gasteiger partial charge in [-0.05, 0) is 32.1 Å². The summed E-state index contributed by atoms with van der Waals surface area (Å²) in [6.45, 7) is 3.78. The smallest absolute Gasteiger partial charge is 0.239 e. The summed E-state index contributed by atoms with van der Waals surface area (Å²) in [5.41, 5.74) is 5.84. The first kappa shape index (κ1) is 19.6. The highest BCUT2D eigenvalue weighted by Crippen LogP contribution is 2.10. The van der Waals surface area contributed by atoms with Crippen molar-refractivity contribution in [3.63, 3.8) is 0 Å². The number of nitrogens with two attached hydrogens (primary N) is 1. The molecule has 1 fully saturated rings. The van der Waals surface area contributed by atoms with Crippen molar-refractivity contribution in [2.24, 2.45) is 5.73 Å². The molecule has 120 valence electrons. The maximum Gasteiger partial charge on any atom is 0.239 e. The molecule has 0 aromatic heterocycles. The molecule has 1 amide bonds. The van der Waals surface area contributed by atoms with Gasteiger partial charge in [0.2, 0.25) is 15.9 Å². The van der Waals surface area contributed by atoms with E-state index in [0.717, 1.165) is 25.9 Å². The SMILES string of the molecule is CCCS(=O)(=O)NCCC[C@H](N)C(=O)N1CCCC1.Cl. The third-order valence-corrected chi connectivity index (χ3v) is 4.81. The lowest BCUT2D eigenvalue weighted by atomic mass is 10.1. The van der Waals surface area contributed by atoms with Gasteiger partial charge in [-0.15, -0.1) is 12.4 Å². The Balaban J connectivity index is 0.00000361. The highest BCUT2D eigenvalue weighted by molar-refractivity contribution is 7.89. The molecule has 0 aliphatic carbocycles. The predicted octanol–water partition coefficient (Wildman–Crippen LogP) is 0.468. The summed E-state index contributed by atoms with van der Waals surface area (Å²) in [6.07, 6.45) is 3.81. The van der Waals surface area contributed by atoms with Crippen LogP contribution in [0.15, 0.2) is 0 Å². The zero-order valence-electron chi connectivity index (χ0n) is 12.0. The topological polar surface area (TPSA) is 92.5 Å². The number of nitrogens with zero attached hydrogens (tertiary/aromatic N) is 1. The first-order valence-corrected chi connectivity index (χ1v) is 8.63. The molecule has 0 radical (unpaired) electrons. The van der Waals surface area contributed by atoms with Crippen LogP contribution in [0.3, 0.4) is 0 Å². The van der Waals surface area contributed by atoms with E-state index in [1.165, 1.54) is 0 Å². The number of carbonyl (C=O) groups is 1. The zero-order valence-corrected chi connectivity index (χ0v) is 13.6. The first-order chi connectivity index (χ1) is 8.96. The molecule has 1 rings (SSSR count). The van der Waals surface area contributed by atoms with Gasteiger partial charge in [0.25, 0.3) is 0 Å². The van der Waals surface area contributed by atoms with Crippen LogP contribution in [0.25, 0.3) is 0 Å². The van der Waals surface area contributed by atoms with Crippen LogP contribution in [-0.4, -0.2) is 50.7 Å². The zero-order chi connectivity index (χ0) is 14.3. The van der Waals surface area contributed by atoms with E-state index >= 15 is 0 Å². The summed E-state index contributed by atoms with van der Waals surface area (Å²) in [5.74, 6) is 0.139. The van der Waals surface area contributed by atoms with E-state index in [-0.39, 0.29) is 24.1 Å². The minimum absolute atomic E-state index is 0. The minimum atomic E-state index is -3.15. The predicted molar refractivity (Wildman–Crippen MR) is 82.4 cm³/mol. The van der Waals surface area contributed by atoms with E-state index < -0.39 is 16.1 Å². The van der Waals surface area contributed by atoms with Gasteiger partial charge in [-0.1, -0.05) is 6.92 Å². The number of hydrogen-bond acceptors (Lipinski definition) is 4. The van der Waals surface area contributed by atoms with Crippen molar-refractivity contribution in [3.8, 4) is 0 Å². The molecule has 20 heavy (non-hydrogen) atoms. The fourth-order valence-electron chi connectivity index (χ4n) is 2.19. The number of likely N-dealkylation sites (tertiary alicyclic amines) is 1. The number of rotatable bonds is 8. The van der Waals surface area contributed by atoms with Gasteiger partial charge >= 0.3 is 0 Å². The number of halogens is 1. The van der Waals surface area contributed by atoms with Crippen LogP contribution >= 0.6 is 12.4 Å². The van der Waals surface area contributed by atoms with E-state index in [2.05, 4.69) is 4.72 Å². The number of sulfonamides is 1. The Morgan fingerprint density at radius 1 is 1.35 bits per heavy atom. The molecule has 6 nitrogen and oxygen atoms in total. The molecule has 0 saturated carbocycles. The average Bonchev–Trinajstić information content (AvgIpc) is 2.87. The van der Waals surface area contributed by atoms with Crippen molar-refractivity contribution in [2.75, 3.05) is 25.4 Å². The molecule has 0 spiro atoms. The second-order valence-electron chi connectivity index (χ2n) is 4.99. The number of amides is 1. The van der Waals surface area contributed by atoms with Crippen LogP contribution in [0.1, 0.15) is 39.0 Å². The second kappa shape index (κ2) is 9.55. The molecular weight excluding hydrogens is 302 g/mol. The van der Waals surface area contributed by atoms with E-state index in [1.54, 1.807) is 4.90 Å². The van der Waals surface area contributed by atoms with Crippen LogP contribution in [0, 0.1) is 0 Å². The standard InChI is InChI=1S/C12H25N3O3S.ClH/c1-2-10-19(17,18)14-7-5-6-11(13)12(16)15-8-3-4-9-15;/h11,14H,2-10,13H2,1H3;1H/t11-;/m0./s1. The largest absolute Gasteiger partial charge is 0.341 e. The summed E-state index contributed by atoms with van der Waals surface area (Å²) in [6, 6.07) is -0.506. The molecule has 0 aromatic rings. The van der Waals surface area contributed by atoms with Crippen LogP contribution in [0.4, 0.5) is 0 Å². The van der Waals surface area contributed by atoms with Gasteiger partial charge in [0.05, 0.1) is 11.8 Å². The Hall–Kier alpha value is -0.370. The van der Waals surface area contributed by atoms with Crippen molar-refractivity contribution in [1.29, 1.82) is 0 Å². The molecule has 0 unspecified atom stereocenters. The van der Waals surface area contributed by atoms with Gasteiger partial charge in [-0.25, -0.2) is 13.1 Å². The van der Waals surface area contributed by atoms with Crippen molar-refractivity contribution in [2.45, 2.75) is 45.1 Å². The summed E-state index contributed by atoms with van der Waals surface area (Å²) in [7, 11) is -3.15. The van der Waals surface area contributed by atoms with Crippen LogP contribution in [-0.2, 0) is 14.8 Å². The van der Waals surface area contributed by atoms with Crippen LogP contribution in [0.2, 0.25) is 0 Å². The Morgan fingerprint density at radius 2 is 1.95 bits per heavy atom. The van der Waals surface area contributed by atoms with Crippen molar-refractivity contribution in [1.82, 2.24) is 9.62 Å². The number of nitrogens with one attached hydrogen (secondary N) is 1. The fourth-order valence-corrected chi connectivity index (χ4v) is 3.32. The van der Waals surface area contributed by atoms with Gasteiger partial charge in [-0.3, -0.25) is 4.79 Å². The van der Waals surface area contributed by atoms with E-state index in [1.807, 2.05) is 6.92 Å². The van der Waals surface area contributed by atoms with E-state index in [9.17, 15) is 13.2 Å². The summed E-state index contributed by atoms with van der Waals surface area (Å²) in [4.78, 5) is 13.7. The Kier molecular flexibility index (Phi) is 9.37. The Morgan fingerprint density at radius 3 is 2.50 bits per heavy atom. The Labute approximate surface area is 127 Å². The molecule has 1 atom stereocenters. The molecule has 0 aromatic carbocycles. The second-order valence-corrected chi connectivity index (χ2v) is 6.92. The molecule has 1 saturated heterocycles. The lowest BCUT2D eigenvalue weighted by Gasteiger charge is -2.20. The molecule has 8 heteroatoms. The summed E-state index contributed by atoms with van der Waals surface area (Å²) >= 11 is 0. The lowest BCUT2D eigenvalue weighted by molar-refractivity contribution is -0.131. The van der Waals surface area contributed by atoms with E-state index in [4.69, 9.17) is 5.73 Å². The van der Waals surface area contributed by atoms with Crippen LogP contribution in [0.5, 0.6) is 0 Å². The van der Waals surface area contributed by atoms with Gasteiger partial charge in [-0.2, -0.15) is 0 Å². The summed E-state index contributed by atoms with van der Waals surface area (Å²) in [5, 5.41) is 0. The highest BCUT2D eigenvalue weighted by Gasteiger charge is 2.23. The van der Waals surface area contributed by atoms with Crippen LogP contribution < -0.4 is 10.5 Å². The Bertz CT molecular complexity index is 383. The monoisotopic (exact) mass is 327 g/mol. The van der Waals surface area contributed by atoms with Gasteiger partial charge < -0.3 is 10.6 Å². The van der Waals surface area contributed by atoms with Crippen molar-refractivity contribution < 1.29 is 13.2 Å². The molecule has 1 heterocycles. The third kappa shape index (κ3) is 6.88. The normalized spacial score (nSPS) is 16.8. The quantitative estimate of drug-likeness (QED) is 0.634. The number of hydrogen-bond donors (Lipinski definition) is 2. The maximum absolute atomic E-state index is 11.9. The van der Waals surface area contributed by atoms with E-state index in [0.29, 0.717) is 25.8 Å². The van der Waals surface area contributed by atoms with Gasteiger partial charge in [0.1, 0.15) is 0 Å². The lowest BCUT2D eigenvalue weighted by Crippen LogP contribution is -2.42. The number of carbonyl (C=O) groups excluding carboxylic acids is 1. The van der Waals surface area contributed by atoms with Crippen molar-refractivity contribution >= 4 is 28.3 Å². The molecule has 1 aliphatic rings. The molecule has 1 aliphatic heterocycles. The molecule has 0 bridgehead atoms. The first-order valence-electron chi connectivity index (χ1n) is 6.98. The van der Waals surface area contributed by atoms with Gasteiger partial charge in [0.15, 0.2) is 0 Å². The van der Waals surface area contributed by atoms with Gasteiger partial charge in [0, 0.05) is 19.6 Å².